The predicted molar refractivity (Wildman–Crippen MR) is 124 cm³/mol. The standard InChI is InChI=1S/C25H36ClN3O2/c1-17-15-28(9-10-29(17)25(31)19-5-3-4-6-19)16-22-12-23(26)11-21(18(22)2)13-24(30)20-7-8-27-14-20/h11-12,17,19-20,27H,3-10,13-16H2,1-2H3/t17-,20-/m0/s1. The third kappa shape index (κ3) is 5.32. The highest BCUT2D eigenvalue weighted by molar-refractivity contribution is 6.30. The SMILES string of the molecule is Cc1c(CC(=O)[C@H]2CCNC2)cc(Cl)cc1CN1CCN(C(=O)C2CCCC2)[C@@H](C)C1. The lowest BCUT2D eigenvalue weighted by Gasteiger charge is -2.41. The molecule has 31 heavy (non-hydrogen) atoms. The fourth-order valence-electron chi connectivity index (χ4n) is 5.56. The van der Waals surface area contributed by atoms with Crippen molar-refractivity contribution in [3.8, 4) is 0 Å². The van der Waals surface area contributed by atoms with Crippen LogP contribution in [0.1, 0.15) is 55.7 Å². The summed E-state index contributed by atoms with van der Waals surface area (Å²) in [4.78, 5) is 30.1. The van der Waals surface area contributed by atoms with Crippen LogP contribution < -0.4 is 5.32 Å². The van der Waals surface area contributed by atoms with Crippen molar-refractivity contribution in [1.29, 1.82) is 0 Å². The second-order valence-electron chi connectivity index (χ2n) is 9.78. The van der Waals surface area contributed by atoms with Crippen molar-refractivity contribution in [1.82, 2.24) is 15.1 Å². The maximum Gasteiger partial charge on any atom is 0.226 e. The maximum absolute atomic E-state index is 12.9. The van der Waals surface area contributed by atoms with E-state index in [1.54, 1.807) is 0 Å². The Hall–Kier alpha value is -1.43. The zero-order valence-corrected chi connectivity index (χ0v) is 19.7. The van der Waals surface area contributed by atoms with Crippen LogP contribution in [0.5, 0.6) is 0 Å². The van der Waals surface area contributed by atoms with Crippen molar-refractivity contribution in [3.05, 3.63) is 33.8 Å². The number of amides is 1. The van der Waals surface area contributed by atoms with E-state index in [-0.39, 0.29) is 17.9 Å². The minimum atomic E-state index is 0.133. The Bertz CT molecular complexity index is 815. The number of nitrogens with one attached hydrogen (secondary N) is 1. The van der Waals surface area contributed by atoms with Gasteiger partial charge in [0.1, 0.15) is 5.78 Å². The summed E-state index contributed by atoms with van der Waals surface area (Å²) in [5.74, 6) is 1.06. The number of carbonyl (C=O) groups is 2. The molecular weight excluding hydrogens is 410 g/mol. The van der Waals surface area contributed by atoms with E-state index < -0.39 is 0 Å². The summed E-state index contributed by atoms with van der Waals surface area (Å²) in [6.45, 7) is 9.40. The van der Waals surface area contributed by atoms with Gasteiger partial charge in [-0.25, -0.2) is 0 Å². The van der Waals surface area contributed by atoms with Crippen molar-refractivity contribution >= 4 is 23.3 Å². The first-order valence-corrected chi connectivity index (χ1v) is 12.3. The van der Waals surface area contributed by atoms with Gasteiger partial charge in [0.05, 0.1) is 0 Å². The molecule has 1 aromatic carbocycles. The summed E-state index contributed by atoms with van der Waals surface area (Å²) >= 11 is 6.45. The lowest BCUT2D eigenvalue weighted by Crippen LogP contribution is -2.54. The molecule has 1 aliphatic carbocycles. The number of hydrogen-bond acceptors (Lipinski definition) is 4. The van der Waals surface area contributed by atoms with E-state index in [0.29, 0.717) is 23.1 Å². The van der Waals surface area contributed by atoms with Crippen LogP contribution in [0.4, 0.5) is 0 Å². The lowest BCUT2D eigenvalue weighted by atomic mass is 9.92. The fourth-order valence-corrected chi connectivity index (χ4v) is 5.82. The molecule has 2 saturated heterocycles. The van der Waals surface area contributed by atoms with E-state index >= 15 is 0 Å². The number of benzene rings is 1. The number of halogens is 1. The molecule has 1 N–H and O–H groups in total. The topological polar surface area (TPSA) is 52.7 Å². The van der Waals surface area contributed by atoms with Gasteiger partial charge in [-0.1, -0.05) is 24.4 Å². The second kappa shape index (κ2) is 10.0. The summed E-state index contributed by atoms with van der Waals surface area (Å²) in [7, 11) is 0. The number of hydrogen-bond donors (Lipinski definition) is 1. The smallest absolute Gasteiger partial charge is 0.226 e. The van der Waals surface area contributed by atoms with Gasteiger partial charge in [0.25, 0.3) is 0 Å². The van der Waals surface area contributed by atoms with Gasteiger partial charge < -0.3 is 10.2 Å². The summed E-state index contributed by atoms with van der Waals surface area (Å²) in [5, 5.41) is 3.99. The van der Waals surface area contributed by atoms with Crippen LogP contribution in [-0.2, 0) is 22.6 Å². The molecule has 2 heterocycles. The van der Waals surface area contributed by atoms with E-state index in [1.807, 2.05) is 12.1 Å². The van der Waals surface area contributed by atoms with E-state index in [9.17, 15) is 9.59 Å². The molecule has 2 aliphatic heterocycles. The summed E-state index contributed by atoms with van der Waals surface area (Å²) in [5.41, 5.74) is 3.44. The maximum atomic E-state index is 12.9. The fraction of sp³-hybridized carbons (Fsp3) is 0.680. The third-order valence-electron chi connectivity index (χ3n) is 7.56. The molecule has 0 aromatic heterocycles. The Balaban J connectivity index is 1.39. The van der Waals surface area contributed by atoms with Crippen molar-refractivity contribution < 1.29 is 9.59 Å². The molecule has 2 atom stereocenters. The highest BCUT2D eigenvalue weighted by Gasteiger charge is 2.33. The quantitative estimate of drug-likeness (QED) is 0.727. The molecule has 5 nitrogen and oxygen atoms in total. The molecule has 1 amide bonds. The van der Waals surface area contributed by atoms with Gasteiger partial charge in [0, 0.05) is 62.0 Å². The number of piperazine rings is 1. The summed E-state index contributed by atoms with van der Waals surface area (Å²) in [6, 6.07) is 4.24. The zero-order chi connectivity index (χ0) is 22.0. The van der Waals surface area contributed by atoms with E-state index in [2.05, 4.69) is 29.0 Å². The van der Waals surface area contributed by atoms with Gasteiger partial charge in [-0.05, 0) is 68.5 Å². The Morgan fingerprint density at radius 2 is 1.84 bits per heavy atom. The van der Waals surface area contributed by atoms with Gasteiger partial charge in [-0.3, -0.25) is 14.5 Å². The number of Topliss-reactive ketones (excluding diaryl/α,β-unsaturated/α-hetero) is 1. The molecule has 4 rings (SSSR count). The van der Waals surface area contributed by atoms with Crippen molar-refractivity contribution in [2.75, 3.05) is 32.7 Å². The Labute approximate surface area is 191 Å². The summed E-state index contributed by atoms with van der Waals surface area (Å²) in [6.07, 6.45) is 5.92. The first kappa shape index (κ1) is 22.8. The number of ketones is 1. The van der Waals surface area contributed by atoms with Gasteiger partial charge in [-0.2, -0.15) is 0 Å². The van der Waals surface area contributed by atoms with Crippen LogP contribution in [0.25, 0.3) is 0 Å². The predicted octanol–water partition coefficient (Wildman–Crippen LogP) is 3.59. The Kier molecular flexibility index (Phi) is 7.35. The van der Waals surface area contributed by atoms with Crippen molar-refractivity contribution in [3.63, 3.8) is 0 Å². The molecule has 3 fully saturated rings. The number of rotatable bonds is 6. The molecule has 1 saturated carbocycles. The molecule has 3 aliphatic rings. The van der Waals surface area contributed by atoms with Crippen LogP contribution in [0, 0.1) is 18.8 Å². The lowest BCUT2D eigenvalue weighted by molar-refractivity contribution is -0.140. The molecule has 0 spiro atoms. The average Bonchev–Trinajstić information content (AvgIpc) is 3.45. The van der Waals surface area contributed by atoms with E-state index in [4.69, 9.17) is 11.6 Å². The van der Waals surface area contributed by atoms with Gasteiger partial charge in [-0.15, -0.1) is 0 Å². The van der Waals surface area contributed by atoms with Crippen LogP contribution in [0.2, 0.25) is 5.02 Å². The minimum Gasteiger partial charge on any atom is -0.337 e. The Morgan fingerprint density at radius 1 is 1.10 bits per heavy atom. The zero-order valence-electron chi connectivity index (χ0n) is 19.0. The second-order valence-corrected chi connectivity index (χ2v) is 10.2. The van der Waals surface area contributed by atoms with Crippen LogP contribution >= 0.6 is 11.6 Å². The van der Waals surface area contributed by atoms with Crippen LogP contribution in [0.15, 0.2) is 12.1 Å². The van der Waals surface area contributed by atoms with Gasteiger partial charge >= 0.3 is 0 Å². The molecule has 1 aromatic rings. The summed E-state index contributed by atoms with van der Waals surface area (Å²) < 4.78 is 0. The highest BCUT2D eigenvalue weighted by atomic mass is 35.5. The molecule has 0 radical (unpaired) electrons. The molecule has 0 unspecified atom stereocenters. The minimum absolute atomic E-state index is 0.133. The largest absolute Gasteiger partial charge is 0.337 e. The average molecular weight is 446 g/mol. The normalized spacial score (nSPS) is 25.3. The number of nitrogens with zero attached hydrogens (tertiary/aromatic N) is 2. The highest BCUT2D eigenvalue weighted by Crippen LogP contribution is 2.29. The first-order valence-electron chi connectivity index (χ1n) is 12.0. The van der Waals surface area contributed by atoms with Gasteiger partial charge in [0.2, 0.25) is 5.91 Å². The van der Waals surface area contributed by atoms with E-state index in [1.165, 1.54) is 24.0 Å². The van der Waals surface area contributed by atoms with Crippen LogP contribution in [-0.4, -0.2) is 60.3 Å². The molecule has 6 heteroatoms. The van der Waals surface area contributed by atoms with Crippen LogP contribution in [0.3, 0.4) is 0 Å². The monoisotopic (exact) mass is 445 g/mol. The molecule has 170 valence electrons. The molecular formula is C25H36ClN3O2. The number of carbonyl (C=O) groups excluding carboxylic acids is 2. The van der Waals surface area contributed by atoms with Crippen molar-refractivity contribution in [2.45, 2.75) is 65.0 Å². The molecule has 0 bridgehead atoms. The van der Waals surface area contributed by atoms with Gasteiger partial charge in [0.15, 0.2) is 0 Å². The first-order chi connectivity index (χ1) is 14.9. The van der Waals surface area contributed by atoms with Crippen molar-refractivity contribution in [2.24, 2.45) is 11.8 Å². The van der Waals surface area contributed by atoms with E-state index in [0.717, 1.165) is 64.1 Å². The third-order valence-corrected chi connectivity index (χ3v) is 7.78. The Morgan fingerprint density at radius 3 is 2.52 bits per heavy atom.